The molecule has 0 aliphatic heterocycles. The molecular formula is C12H26O2. The van der Waals surface area contributed by atoms with Crippen molar-refractivity contribution in [2.45, 2.75) is 65.6 Å². The minimum absolute atomic E-state index is 0.140. The van der Waals surface area contributed by atoms with E-state index >= 15 is 0 Å². The number of aliphatic hydroxyl groups excluding tert-OH is 1. The van der Waals surface area contributed by atoms with Crippen molar-refractivity contribution in [2.75, 3.05) is 6.61 Å². The molecular weight excluding hydrogens is 176 g/mol. The van der Waals surface area contributed by atoms with E-state index in [0.29, 0.717) is 6.61 Å². The van der Waals surface area contributed by atoms with Gasteiger partial charge in [-0.15, -0.1) is 0 Å². The van der Waals surface area contributed by atoms with Gasteiger partial charge in [0, 0.05) is 0 Å². The molecule has 0 aromatic rings. The highest BCUT2D eigenvalue weighted by atomic mass is 16.5. The van der Waals surface area contributed by atoms with Gasteiger partial charge in [0.2, 0.25) is 0 Å². The van der Waals surface area contributed by atoms with Crippen LogP contribution in [0.15, 0.2) is 0 Å². The SMILES string of the molecule is CC(C)CCCC(O)COC(C)(C)C. The Bertz CT molecular complexity index is 136. The fraction of sp³-hybridized carbons (Fsp3) is 1.00. The van der Waals surface area contributed by atoms with E-state index in [4.69, 9.17) is 4.74 Å². The fourth-order valence-electron chi connectivity index (χ4n) is 1.19. The van der Waals surface area contributed by atoms with E-state index in [-0.39, 0.29) is 11.7 Å². The lowest BCUT2D eigenvalue weighted by atomic mass is 10.0. The van der Waals surface area contributed by atoms with Crippen LogP contribution in [0.25, 0.3) is 0 Å². The summed E-state index contributed by atoms with van der Waals surface area (Å²) in [5.74, 6) is 0.728. The Labute approximate surface area is 88.7 Å². The molecule has 1 unspecified atom stereocenters. The van der Waals surface area contributed by atoms with Gasteiger partial charge in [0.15, 0.2) is 0 Å². The van der Waals surface area contributed by atoms with Crippen LogP contribution in [-0.4, -0.2) is 23.4 Å². The van der Waals surface area contributed by atoms with Crippen LogP contribution in [0.3, 0.4) is 0 Å². The fourth-order valence-corrected chi connectivity index (χ4v) is 1.19. The summed E-state index contributed by atoms with van der Waals surface area (Å²) in [5, 5.41) is 9.60. The van der Waals surface area contributed by atoms with Gasteiger partial charge in [0.1, 0.15) is 0 Å². The third-order valence-corrected chi connectivity index (χ3v) is 2.03. The molecule has 0 radical (unpaired) electrons. The molecule has 14 heavy (non-hydrogen) atoms. The average Bonchev–Trinajstić information content (AvgIpc) is 1.99. The third kappa shape index (κ3) is 10.0. The molecule has 0 amide bonds. The van der Waals surface area contributed by atoms with Gasteiger partial charge in [-0.25, -0.2) is 0 Å². The molecule has 0 spiro atoms. The van der Waals surface area contributed by atoms with E-state index < -0.39 is 0 Å². The van der Waals surface area contributed by atoms with Crippen LogP contribution in [0.4, 0.5) is 0 Å². The Morgan fingerprint density at radius 2 is 1.71 bits per heavy atom. The zero-order valence-corrected chi connectivity index (χ0v) is 10.3. The van der Waals surface area contributed by atoms with E-state index in [1.54, 1.807) is 0 Å². The van der Waals surface area contributed by atoms with Gasteiger partial charge in [0.05, 0.1) is 18.3 Å². The number of hydrogen-bond acceptors (Lipinski definition) is 2. The van der Waals surface area contributed by atoms with Crippen molar-refractivity contribution in [3.05, 3.63) is 0 Å². The monoisotopic (exact) mass is 202 g/mol. The smallest absolute Gasteiger partial charge is 0.0774 e. The predicted octanol–water partition coefficient (Wildman–Crippen LogP) is 2.99. The molecule has 86 valence electrons. The van der Waals surface area contributed by atoms with E-state index in [9.17, 15) is 5.11 Å². The molecule has 0 rings (SSSR count). The second kappa shape index (κ2) is 6.41. The molecule has 0 aliphatic carbocycles. The standard InChI is InChI=1S/C12H26O2/c1-10(2)7-6-8-11(13)9-14-12(3,4)5/h10-11,13H,6-9H2,1-5H3. The van der Waals surface area contributed by atoms with Gasteiger partial charge >= 0.3 is 0 Å². The van der Waals surface area contributed by atoms with Crippen LogP contribution in [0.2, 0.25) is 0 Å². The second-order valence-corrected chi connectivity index (χ2v) is 5.40. The zero-order valence-electron chi connectivity index (χ0n) is 10.3. The lowest BCUT2D eigenvalue weighted by Gasteiger charge is -2.22. The quantitative estimate of drug-likeness (QED) is 0.717. The number of aliphatic hydroxyl groups is 1. The highest BCUT2D eigenvalue weighted by Crippen LogP contribution is 2.11. The number of hydrogen-bond donors (Lipinski definition) is 1. The molecule has 0 aromatic carbocycles. The van der Waals surface area contributed by atoms with Crippen molar-refractivity contribution in [3.8, 4) is 0 Å². The van der Waals surface area contributed by atoms with Crippen molar-refractivity contribution in [2.24, 2.45) is 5.92 Å². The summed E-state index contributed by atoms with van der Waals surface area (Å²) >= 11 is 0. The maximum Gasteiger partial charge on any atom is 0.0774 e. The molecule has 2 heteroatoms. The molecule has 0 saturated carbocycles. The number of rotatable bonds is 6. The first-order valence-electron chi connectivity index (χ1n) is 5.63. The Hall–Kier alpha value is -0.0800. The number of ether oxygens (including phenoxy) is 1. The molecule has 0 bridgehead atoms. The van der Waals surface area contributed by atoms with Crippen LogP contribution in [0, 0.1) is 5.92 Å². The molecule has 0 aromatic heterocycles. The van der Waals surface area contributed by atoms with Crippen LogP contribution < -0.4 is 0 Å². The highest BCUT2D eigenvalue weighted by molar-refractivity contribution is 4.62. The van der Waals surface area contributed by atoms with Crippen molar-refractivity contribution >= 4 is 0 Å². The van der Waals surface area contributed by atoms with E-state index in [1.807, 2.05) is 20.8 Å². The Balaban J connectivity index is 3.42. The summed E-state index contributed by atoms with van der Waals surface area (Å²) in [6.45, 7) is 10.9. The molecule has 0 heterocycles. The van der Waals surface area contributed by atoms with Gasteiger partial charge in [-0.1, -0.05) is 26.7 Å². The minimum atomic E-state index is -0.298. The van der Waals surface area contributed by atoms with Crippen LogP contribution in [-0.2, 0) is 4.74 Å². The van der Waals surface area contributed by atoms with Crippen molar-refractivity contribution < 1.29 is 9.84 Å². The Morgan fingerprint density at radius 1 is 1.14 bits per heavy atom. The van der Waals surface area contributed by atoms with E-state index in [0.717, 1.165) is 18.8 Å². The summed E-state index contributed by atoms with van der Waals surface area (Å²) in [7, 11) is 0. The molecule has 1 N–H and O–H groups in total. The lowest BCUT2D eigenvalue weighted by Crippen LogP contribution is -2.26. The Kier molecular flexibility index (Phi) is 6.38. The summed E-state index contributed by atoms with van der Waals surface area (Å²) < 4.78 is 5.50. The van der Waals surface area contributed by atoms with E-state index in [2.05, 4.69) is 13.8 Å². The Morgan fingerprint density at radius 3 is 2.14 bits per heavy atom. The van der Waals surface area contributed by atoms with Crippen molar-refractivity contribution in [1.82, 2.24) is 0 Å². The third-order valence-electron chi connectivity index (χ3n) is 2.03. The van der Waals surface area contributed by atoms with Gasteiger partial charge in [-0.2, -0.15) is 0 Å². The maximum absolute atomic E-state index is 9.60. The second-order valence-electron chi connectivity index (χ2n) is 5.40. The van der Waals surface area contributed by atoms with Gasteiger partial charge in [0.25, 0.3) is 0 Å². The van der Waals surface area contributed by atoms with Gasteiger partial charge in [-0.05, 0) is 33.1 Å². The first-order valence-corrected chi connectivity index (χ1v) is 5.63. The lowest BCUT2D eigenvalue weighted by molar-refractivity contribution is -0.0510. The molecule has 0 aliphatic rings. The highest BCUT2D eigenvalue weighted by Gasteiger charge is 2.13. The first-order chi connectivity index (χ1) is 6.31. The minimum Gasteiger partial charge on any atom is -0.391 e. The van der Waals surface area contributed by atoms with Gasteiger partial charge in [-0.3, -0.25) is 0 Å². The summed E-state index contributed by atoms with van der Waals surface area (Å²) in [6.07, 6.45) is 2.83. The van der Waals surface area contributed by atoms with Crippen molar-refractivity contribution in [3.63, 3.8) is 0 Å². The summed E-state index contributed by atoms with van der Waals surface area (Å²) in [4.78, 5) is 0. The molecule has 2 nitrogen and oxygen atoms in total. The topological polar surface area (TPSA) is 29.5 Å². The summed E-state index contributed by atoms with van der Waals surface area (Å²) in [6, 6.07) is 0. The summed E-state index contributed by atoms with van der Waals surface area (Å²) in [5.41, 5.74) is -0.140. The predicted molar refractivity (Wildman–Crippen MR) is 60.4 cm³/mol. The molecule has 1 atom stereocenters. The van der Waals surface area contributed by atoms with Crippen LogP contribution >= 0.6 is 0 Å². The molecule has 0 fully saturated rings. The zero-order chi connectivity index (χ0) is 11.2. The van der Waals surface area contributed by atoms with Crippen LogP contribution in [0.5, 0.6) is 0 Å². The molecule has 0 saturated heterocycles. The van der Waals surface area contributed by atoms with Crippen molar-refractivity contribution in [1.29, 1.82) is 0 Å². The largest absolute Gasteiger partial charge is 0.391 e. The average molecular weight is 202 g/mol. The first kappa shape index (κ1) is 13.9. The van der Waals surface area contributed by atoms with Gasteiger partial charge < -0.3 is 9.84 Å². The van der Waals surface area contributed by atoms with E-state index in [1.165, 1.54) is 6.42 Å². The maximum atomic E-state index is 9.60. The van der Waals surface area contributed by atoms with Crippen LogP contribution in [0.1, 0.15) is 53.9 Å². The normalized spacial score (nSPS) is 14.8.